The smallest absolute Gasteiger partial charge is 0.337 e. The predicted octanol–water partition coefficient (Wildman–Crippen LogP) is 4.19. The lowest BCUT2D eigenvalue weighted by molar-refractivity contribution is -0.115. The van der Waals surface area contributed by atoms with Gasteiger partial charge < -0.3 is 15.7 Å². The van der Waals surface area contributed by atoms with Crippen molar-refractivity contribution >= 4 is 40.5 Å². The van der Waals surface area contributed by atoms with Crippen molar-refractivity contribution < 1.29 is 19.5 Å². The molecule has 7 heteroatoms. The molecule has 0 saturated heterocycles. The Labute approximate surface area is 165 Å². The molecule has 2 aromatic carbocycles. The number of carboxylic acids is 1. The second kappa shape index (κ2) is 8.49. The molecule has 0 unspecified atom stereocenters. The maximum Gasteiger partial charge on any atom is 0.337 e. The number of nitrogens with one attached hydrogen (secondary N) is 2. The quantitative estimate of drug-likeness (QED) is 0.584. The molecule has 1 heterocycles. The Balaban J connectivity index is 1.78. The number of carbonyl (C=O) groups is 3. The molecule has 0 aliphatic rings. The Morgan fingerprint density at radius 2 is 1.61 bits per heavy atom. The average molecular weight is 394 g/mol. The summed E-state index contributed by atoms with van der Waals surface area (Å²) in [6.45, 7) is 1.73. The predicted molar refractivity (Wildman–Crippen MR) is 109 cm³/mol. The van der Waals surface area contributed by atoms with Crippen LogP contribution in [0.3, 0.4) is 0 Å². The lowest BCUT2D eigenvalue weighted by Crippen LogP contribution is -2.18. The molecule has 3 aromatic rings. The van der Waals surface area contributed by atoms with Gasteiger partial charge in [0.1, 0.15) is 0 Å². The molecular weight excluding hydrogens is 376 g/mol. The zero-order valence-corrected chi connectivity index (χ0v) is 15.9. The SMILES string of the molecule is Cc1c(NC(=O)Cc2cccs2)cccc1C(=O)Nc1ccccc1C(=O)O. The van der Waals surface area contributed by atoms with Gasteiger partial charge >= 0.3 is 5.97 Å². The summed E-state index contributed by atoms with van der Waals surface area (Å²) in [5, 5.41) is 16.6. The van der Waals surface area contributed by atoms with Crippen LogP contribution in [0.1, 0.15) is 31.2 Å². The highest BCUT2D eigenvalue weighted by Gasteiger charge is 2.16. The van der Waals surface area contributed by atoms with Crippen LogP contribution in [0, 0.1) is 6.92 Å². The highest BCUT2D eigenvalue weighted by Crippen LogP contribution is 2.22. The van der Waals surface area contributed by atoms with Crippen molar-refractivity contribution in [3.8, 4) is 0 Å². The van der Waals surface area contributed by atoms with E-state index in [1.54, 1.807) is 37.3 Å². The summed E-state index contributed by atoms with van der Waals surface area (Å²) in [6.07, 6.45) is 0.263. The highest BCUT2D eigenvalue weighted by atomic mass is 32.1. The van der Waals surface area contributed by atoms with E-state index in [0.717, 1.165) is 4.88 Å². The number of carbonyl (C=O) groups excluding carboxylic acids is 2. The summed E-state index contributed by atoms with van der Waals surface area (Å²) >= 11 is 1.51. The van der Waals surface area contributed by atoms with Gasteiger partial charge in [0.2, 0.25) is 5.91 Å². The lowest BCUT2D eigenvalue weighted by atomic mass is 10.1. The molecule has 1 aromatic heterocycles. The minimum absolute atomic E-state index is 0.00825. The van der Waals surface area contributed by atoms with Gasteiger partial charge in [-0.15, -0.1) is 11.3 Å². The van der Waals surface area contributed by atoms with E-state index in [-0.39, 0.29) is 23.6 Å². The van der Waals surface area contributed by atoms with E-state index in [1.807, 2.05) is 17.5 Å². The molecule has 0 atom stereocenters. The zero-order valence-electron chi connectivity index (χ0n) is 15.1. The summed E-state index contributed by atoms with van der Waals surface area (Å²) in [5.41, 5.74) is 1.72. The fourth-order valence-corrected chi connectivity index (χ4v) is 3.45. The van der Waals surface area contributed by atoms with Crippen molar-refractivity contribution in [3.05, 3.63) is 81.5 Å². The first-order valence-corrected chi connectivity index (χ1v) is 9.39. The van der Waals surface area contributed by atoms with Crippen LogP contribution in [0.25, 0.3) is 0 Å². The Morgan fingerprint density at radius 1 is 0.893 bits per heavy atom. The number of anilines is 2. The van der Waals surface area contributed by atoms with E-state index in [2.05, 4.69) is 10.6 Å². The van der Waals surface area contributed by atoms with E-state index in [4.69, 9.17) is 0 Å². The molecular formula is C21H18N2O4S. The Morgan fingerprint density at radius 3 is 2.32 bits per heavy atom. The fourth-order valence-electron chi connectivity index (χ4n) is 2.75. The molecule has 3 N–H and O–H groups in total. The summed E-state index contributed by atoms with van der Waals surface area (Å²) in [7, 11) is 0. The highest BCUT2D eigenvalue weighted by molar-refractivity contribution is 7.10. The Kier molecular flexibility index (Phi) is 5.86. The number of para-hydroxylation sites is 1. The van der Waals surface area contributed by atoms with Crippen molar-refractivity contribution in [1.82, 2.24) is 0 Å². The summed E-state index contributed by atoms with van der Waals surface area (Å²) in [5.74, 6) is -1.73. The molecule has 6 nitrogen and oxygen atoms in total. The van der Waals surface area contributed by atoms with Crippen LogP contribution in [0.15, 0.2) is 60.0 Å². The van der Waals surface area contributed by atoms with Gasteiger partial charge in [0.05, 0.1) is 17.7 Å². The minimum Gasteiger partial charge on any atom is -0.478 e. The first-order valence-electron chi connectivity index (χ1n) is 8.51. The number of hydrogen-bond acceptors (Lipinski definition) is 4. The van der Waals surface area contributed by atoms with Gasteiger partial charge in [0.25, 0.3) is 5.91 Å². The van der Waals surface area contributed by atoms with E-state index < -0.39 is 11.9 Å². The van der Waals surface area contributed by atoms with Crippen LogP contribution in [0.4, 0.5) is 11.4 Å². The number of aromatic carboxylic acids is 1. The Bertz CT molecular complexity index is 1030. The first kappa shape index (κ1) is 19.3. The van der Waals surface area contributed by atoms with Gasteiger partial charge in [-0.2, -0.15) is 0 Å². The van der Waals surface area contributed by atoms with Crippen LogP contribution in [0.2, 0.25) is 0 Å². The largest absolute Gasteiger partial charge is 0.478 e. The van der Waals surface area contributed by atoms with Gasteiger partial charge in [0.15, 0.2) is 0 Å². The standard InChI is InChI=1S/C21H18N2O4S/c1-13-15(20(25)23-18-9-3-2-7-16(18)21(26)27)8-4-10-17(13)22-19(24)12-14-6-5-11-28-14/h2-11H,12H2,1H3,(H,22,24)(H,23,25)(H,26,27). The number of benzene rings is 2. The molecule has 0 radical (unpaired) electrons. The number of amides is 2. The fraction of sp³-hybridized carbons (Fsp3) is 0.0952. The summed E-state index contributed by atoms with van der Waals surface area (Å²) < 4.78 is 0. The number of thiophene rings is 1. The third-order valence-corrected chi connectivity index (χ3v) is 5.05. The minimum atomic E-state index is -1.12. The number of rotatable bonds is 6. The first-order chi connectivity index (χ1) is 13.5. The molecule has 0 aliphatic carbocycles. The van der Waals surface area contributed by atoms with Crippen molar-refractivity contribution in [2.75, 3.05) is 10.6 Å². The molecule has 2 amide bonds. The van der Waals surface area contributed by atoms with Crippen LogP contribution in [-0.4, -0.2) is 22.9 Å². The van der Waals surface area contributed by atoms with Gasteiger partial charge in [-0.05, 0) is 48.2 Å². The van der Waals surface area contributed by atoms with Gasteiger partial charge in [-0.25, -0.2) is 4.79 Å². The topological polar surface area (TPSA) is 95.5 Å². The molecule has 0 spiro atoms. The van der Waals surface area contributed by atoms with Crippen molar-refractivity contribution in [2.24, 2.45) is 0 Å². The third kappa shape index (κ3) is 4.44. The molecule has 0 fully saturated rings. The van der Waals surface area contributed by atoms with Crippen LogP contribution in [-0.2, 0) is 11.2 Å². The summed E-state index contributed by atoms with van der Waals surface area (Å²) in [4.78, 5) is 37.2. The van der Waals surface area contributed by atoms with Crippen molar-refractivity contribution in [2.45, 2.75) is 13.3 Å². The normalized spacial score (nSPS) is 10.3. The molecule has 0 aliphatic heterocycles. The van der Waals surface area contributed by atoms with E-state index in [1.165, 1.54) is 23.5 Å². The molecule has 0 saturated carbocycles. The second-order valence-electron chi connectivity index (χ2n) is 6.09. The maximum atomic E-state index is 12.7. The van der Waals surface area contributed by atoms with Gasteiger partial charge in [0, 0.05) is 16.1 Å². The number of carboxylic acid groups (broad SMARTS) is 1. The molecule has 28 heavy (non-hydrogen) atoms. The zero-order chi connectivity index (χ0) is 20.1. The number of hydrogen-bond donors (Lipinski definition) is 3. The average Bonchev–Trinajstić information content (AvgIpc) is 3.16. The van der Waals surface area contributed by atoms with Crippen LogP contribution in [0.5, 0.6) is 0 Å². The Hall–Kier alpha value is -3.45. The van der Waals surface area contributed by atoms with Gasteiger partial charge in [-0.1, -0.05) is 24.3 Å². The molecule has 3 rings (SSSR count). The van der Waals surface area contributed by atoms with Crippen LogP contribution >= 0.6 is 11.3 Å². The third-order valence-electron chi connectivity index (χ3n) is 4.17. The monoisotopic (exact) mass is 394 g/mol. The van der Waals surface area contributed by atoms with E-state index in [9.17, 15) is 19.5 Å². The maximum absolute atomic E-state index is 12.7. The second-order valence-corrected chi connectivity index (χ2v) is 7.12. The van der Waals surface area contributed by atoms with Crippen molar-refractivity contribution in [3.63, 3.8) is 0 Å². The lowest BCUT2D eigenvalue weighted by Gasteiger charge is -2.13. The van der Waals surface area contributed by atoms with Gasteiger partial charge in [-0.3, -0.25) is 9.59 Å². The molecule has 142 valence electrons. The van der Waals surface area contributed by atoms with E-state index in [0.29, 0.717) is 16.8 Å². The summed E-state index contributed by atoms with van der Waals surface area (Å²) in [6, 6.07) is 15.0. The van der Waals surface area contributed by atoms with Crippen molar-refractivity contribution in [1.29, 1.82) is 0 Å². The molecule has 0 bridgehead atoms. The van der Waals surface area contributed by atoms with E-state index >= 15 is 0 Å². The van der Waals surface area contributed by atoms with Crippen LogP contribution < -0.4 is 10.6 Å².